The number of aliphatic hydroxyl groups excluding tert-OH is 1. The molecule has 0 saturated heterocycles. The lowest BCUT2D eigenvalue weighted by Gasteiger charge is -2.26. The SMILES string of the molecule is Cn1nccc1-c1nc(C(C)(C)C)nc(N(N)CC(O)C(F)(F)F)c1N. The molecule has 2 aromatic rings. The number of rotatable bonds is 4. The number of aryl methyl sites for hydroxylation is 1. The maximum absolute atomic E-state index is 12.6. The average molecular weight is 373 g/mol. The molecular weight excluding hydrogens is 351 g/mol. The normalized spacial score (nSPS) is 13.7. The molecule has 0 fully saturated rings. The van der Waals surface area contributed by atoms with Crippen molar-refractivity contribution in [2.75, 3.05) is 17.3 Å². The number of anilines is 2. The average Bonchev–Trinajstić information content (AvgIpc) is 2.91. The summed E-state index contributed by atoms with van der Waals surface area (Å²) in [6.45, 7) is 4.63. The standard InChI is InChI=1S/C15H22F3N7O/c1-14(2,3)13-22-11(8-5-6-21-24(8)4)10(19)12(23-13)25(20)7-9(26)15(16,17)18/h5-6,9,26H,7,19-20H2,1-4H3. The van der Waals surface area contributed by atoms with Crippen LogP contribution in [0.2, 0.25) is 0 Å². The number of nitrogen functional groups attached to an aromatic ring is 1. The zero-order chi connectivity index (χ0) is 19.9. The number of aromatic nitrogens is 4. The Labute approximate surface area is 148 Å². The van der Waals surface area contributed by atoms with E-state index in [0.717, 1.165) is 0 Å². The van der Waals surface area contributed by atoms with E-state index in [1.807, 2.05) is 20.8 Å². The van der Waals surface area contributed by atoms with Crippen molar-refractivity contribution in [3.05, 3.63) is 18.1 Å². The molecule has 26 heavy (non-hydrogen) atoms. The van der Waals surface area contributed by atoms with Crippen LogP contribution in [0.4, 0.5) is 24.7 Å². The molecule has 0 radical (unpaired) electrons. The third-order valence-electron chi connectivity index (χ3n) is 3.68. The minimum Gasteiger partial charge on any atom is -0.394 e. The first-order chi connectivity index (χ1) is 11.8. The van der Waals surface area contributed by atoms with Gasteiger partial charge in [-0.05, 0) is 6.07 Å². The van der Waals surface area contributed by atoms with Crippen LogP contribution >= 0.6 is 0 Å². The van der Waals surface area contributed by atoms with Gasteiger partial charge >= 0.3 is 6.18 Å². The highest BCUT2D eigenvalue weighted by Crippen LogP contribution is 2.33. The number of aliphatic hydroxyl groups is 1. The van der Waals surface area contributed by atoms with Crippen LogP contribution < -0.4 is 16.6 Å². The minimum absolute atomic E-state index is 0.00141. The van der Waals surface area contributed by atoms with Gasteiger partial charge in [-0.3, -0.25) is 9.69 Å². The highest BCUT2D eigenvalue weighted by Gasteiger charge is 2.39. The third kappa shape index (κ3) is 4.05. The van der Waals surface area contributed by atoms with Gasteiger partial charge in [-0.2, -0.15) is 18.3 Å². The van der Waals surface area contributed by atoms with Gasteiger partial charge in [-0.15, -0.1) is 0 Å². The number of nitrogens with zero attached hydrogens (tertiary/aromatic N) is 5. The molecule has 0 aromatic carbocycles. The molecule has 0 aliphatic rings. The Morgan fingerprint density at radius 2 is 1.88 bits per heavy atom. The van der Waals surface area contributed by atoms with Gasteiger partial charge in [0.1, 0.15) is 17.2 Å². The molecule has 0 spiro atoms. The second kappa shape index (κ2) is 6.72. The van der Waals surface area contributed by atoms with Gasteiger partial charge in [0.25, 0.3) is 0 Å². The quantitative estimate of drug-likeness (QED) is 0.547. The number of hydrogen-bond acceptors (Lipinski definition) is 7. The molecule has 0 amide bonds. The molecular formula is C15H22F3N7O. The first-order valence-electron chi connectivity index (χ1n) is 7.75. The Hall–Kier alpha value is -2.40. The van der Waals surface area contributed by atoms with Gasteiger partial charge in [0.05, 0.1) is 12.2 Å². The molecule has 0 saturated carbocycles. The van der Waals surface area contributed by atoms with Crippen molar-refractivity contribution >= 4 is 11.5 Å². The Kier molecular flexibility index (Phi) is 5.15. The molecule has 144 valence electrons. The van der Waals surface area contributed by atoms with Gasteiger partial charge < -0.3 is 10.8 Å². The van der Waals surface area contributed by atoms with Crippen LogP contribution in [0.1, 0.15) is 26.6 Å². The van der Waals surface area contributed by atoms with E-state index in [2.05, 4.69) is 15.1 Å². The lowest BCUT2D eigenvalue weighted by molar-refractivity contribution is -0.200. The molecule has 8 nitrogen and oxygen atoms in total. The third-order valence-corrected chi connectivity index (χ3v) is 3.68. The van der Waals surface area contributed by atoms with Gasteiger partial charge in [0.2, 0.25) is 0 Å². The van der Waals surface area contributed by atoms with Crippen molar-refractivity contribution in [2.45, 2.75) is 38.5 Å². The fourth-order valence-electron chi connectivity index (χ4n) is 2.19. The fraction of sp³-hybridized carbons (Fsp3) is 0.533. The monoisotopic (exact) mass is 373 g/mol. The smallest absolute Gasteiger partial charge is 0.394 e. The van der Waals surface area contributed by atoms with E-state index < -0.39 is 24.2 Å². The summed E-state index contributed by atoms with van der Waals surface area (Å²) in [5.41, 5.74) is 6.43. The van der Waals surface area contributed by atoms with Crippen LogP contribution in [0, 0.1) is 0 Å². The van der Waals surface area contributed by atoms with Crippen molar-refractivity contribution in [3.8, 4) is 11.4 Å². The fourth-order valence-corrected chi connectivity index (χ4v) is 2.19. The van der Waals surface area contributed by atoms with E-state index in [0.29, 0.717) is 22.2 Å². The number of hydrazine groups is 1. The number of hydrogen-bond donors (Lipinski definition) is 3. The predicted octanol–water partition coefficient (Wildman–Crippen LogP) is 1.36. The lowest BCUT2D eigenvalue weighted by Crippen LogP contribution is -2.45. The Morgan fingerprint density at radius 1 is 1.27 bits per heavy atom. The second-order valence-corrected chi connectivity index (χ2v) is 6.93. The van der Waals surface area contributed by atoms with Crippen LogP contribution in [0.5, 0.6) is 0 Å². The Morgan fingerprint density at radius 3 is 2.35 bits per heavy atom. The Bertz CT molecular complexity index is 783. The van der Waals surface area contributed by atoms with Crippen LogP contribution in [-0.2, 0) is 12.5 Å². The summed E-state index contributed by atoms with van der Waals surface area (Å²) in [7, 11) is 1.68. The molecule has 2 heterocycles. The largest absolute Gasteiger partial charge is 0.416 e. The molecule has 5 N–H and O–H groups in total. The zero-order valence-electron chi connectivity index (χ0n) is 14.9. The van der Waals surface area contributed by atoms with E-state index in [4.69, 9.17) is 11.6 Å². The highest BCUT2D eigenvalue weighted by atomic mass is 19.4. The number of nitrogens with two attached hydrogens (primary N) is 2. The molecule has 0 aliphatic heterocycles. The maximum atomic E-state index is 12.6. The summed E-state index contributed by atoms with van der Waals surface area (Å²) < 4.78 is 39.5. The maximum Gasteiger partial charge on any atom is 0.416 e. The second-order valence-electron chi connectivity index (χ2n) is 6.93. The van der Waals surface area contributed by atoms with Crippen LogP contribution in [-0.4, -0.2) is 43.7 Å². The summed E-state index contributed by atoms with van der Waals surface area (Å²) in [6, 6.07) is 1.67. The van der Waals surface area contributed by atoms with Gasteiger partial charge in [0.15, 0.2) is 11.9 Å². The molecule has 0 aliphatic carbocycles. The first-order valence-corrected chi connectivity index (χ1v) is 7.75. The molecule has 1 unspecified atom stereocenters. The number of alkyl halides is 3. The van der Waals surface area contributed by atoms with Gasteiger partial charge in [-0.1, -0.05) is 20.8 Å². The highest BCUT2D eigenvalue weighted by molar-refractivity contribution is 5.79. The lowest BCUT2D eigenvalue weighted by atomic mass is 9.95. The van der Waals surface area contributed by atoms with Crippen molar-refractivity contribution < 1.29 is 18.3 Å². The molecule has 11 heteroatoms. The van der Waals surface area contributed by atoms with Crippen LogP contribution in [0.3, 0.4) is 0 Å². The summed E-state index contributed by atoms with van der Waals surface area (Å²) in [5, 5.41) is 14.0. The Balaban J connectivity index is 2.57. The zero-order valence-corrected chi connectivity index (χ0v) is 14.9. The molecule has 0 bridgehead atoms. The summed E-state index contributed by atoms with van der Waals surface area (Å²) in [4.78, 5) is 8.69. The molecule has 2 aromatic heterocycles. The topological polar surface area (TPSA) is 119 Å². The van der Waals surface area contributed by atoms with Crippen molar-refractivity contribution in [3.63, 3.8) is 0 Å². The molecule has 1 atom stereocenters. The van der Waals surface area contributed by atoms with E-state index >= 15 is 0 Å². The summed E-state index contributed by atoms with van der Waals surface area (Å²) >= 11 is 0. The van der Waals surface area contributed by atoms with E-state index in [9.17, 15) is 18.3 Å². The van der Waals surface area contributed by atoms with Crippen molar-refractivity contribution in [1.82, 2.24) is 19.7 Å². The van der Waals surface area contributed by atoms with Gasteiger partial charge in [-0.25, -0.2) is 15.8 Å². The van der Waals surface area contributed by atoms with Crippen molar-refractivity contribution in [1.29, 1.82) is 0 Å². The molecule has 2 rings (SSSR count). The number of halogens is 3. The predicted molar refractivity (Wildman–Crippen MR) is 90.9 cm³/mol. The van der Waals surface area contributed by atoms with E-state index in [-0.39, 0.29) is 11.5 Å². The van der Waals surface area contributed by atoms with Crippen molar-refractivity contribution in [2.24, 2.45) is 12.9 Å². The van der Waals surface area contributed by atoms with Crippen LogP contribution in [0.15, 0.2) is 12.3 Å². The van der Waals surface area contributed by atoms with Crippen LogP contribution in [0.25, 0.3) is 11.4 Å². The first kappa shape index (κ1) is 19.9. The summed E-state index contributed by atoms with van der Waals surface area (Å²) in [6.07, 6.45) is -5.90. The van der Waals surface area contributed by atoms with Gasteiger partial charge in [0, 0.05) is 18.7 Å². The summed E-state index contributed by atoms with van der Waals surface area (Å²) in [5.74, 6) is 6.00. The van der Waals surface area contributed by atoms with E-state index in [1.54, 1.807) is 19.3 Å². The minimum atomic E-state index is -4.81. The van der Waals surface area contributed by atoms with E-state index in [1.165, 1.54) is 4.68 Å².